The molecule has 1 heterocycles. The molecule has 0 saturated heterocycles. The van der Waals surface area contributed by atoms with Crippen LogP contribution in [0.4, 0.5) is 0 Å². The van der Waals surface area contributed by atoms with Gasteiger partial charge in [0.25, 0.3) is 5.56 Å². The topological polar surface area (TPSA) is 48.3 Å². The minimum atomic E-state index is -0.0970. The molecular weight excluding hydrogens is 490 g/mol. The van der Waals surface area contributed by atoms with Crippen molar-refractivity contribution in [2.45, 2.75) is 32.9 Å². The van der Waals surface area contributed by atoms with E-state index >= 15 is 0 Å². The predicted molar refractivity (Wildman–Crippen MR) is 131 cm³/mol. The molecule has 1 aromatic heterocycles. The third kappa shape index (κ3) is 4.80. The molecule has 3 aromatic rings. The molecule has 0 N–H and O–H groups in total. The number of carbonyl (C=O) groups is 1. The lowest BCUT2D eigenvalue weighted by Gasteiger charge is -2.22. The number of hydrogen-bond donors (Lipinski definition) is 0. The van der Waals surface area contributed by atoms with Gasteiger partial charge in [0.15, 0.2) is 5.78 Å². The largest absolute Gasteiger partial charge is 0.376 e. The van der Waals surface area contributed by atoms with E-state index < -0.39 is 0 Å². The predicted octanol–water partition coefficient (Wildman–Crippen LogP) is 5.98. The van der Waals surface area contributed by atoms with Crippen molar-refractivity contribution in [3.8, 4) is 0 Å². The summed E-state index contributed by atoms with van der Waals surface area (Å²) in [5, 5.41) is 0.583. The highest BCUT2D eigenvalue weighted by atomic mass is 79.9. The maximum Gasteiger partial charge on any atom is 0.254 e. The van der Waals surface area contributed by atoms with E-state index in [-0.39, 0.29) is 11.3 Å². The number of halogens is 2. The molecule has 0 atom stereocenters. The molecule has 0 bridgehead atoms. The number of allylic oxidation sites excluding steroid dienone is 1. The molecule has 4 nitrogen and oxygen atoms in total. The van der Waals surface area contributed by atoms with Crippen LogP contribution in [-0.2, 0) is 24.3 Å². The fraction of sp³-hybridized carbons (Fsp3) is 0.231. The van der Waals surface area contributed by atoms with Gasteiger partial charge in [-0.1, -0.05) is 54.1 Å². The molecule has 0 radical (unpaired) electrons. The monoisotopic (exact) mass is 511 g/mol. The number of ketones is 1. The smallest absolute Gasteiger partial charge is 0.254 e. The summed E-state index contributed by atoms with van der Waals surface area (Å²) in [6.45, 7) is 3.07. The average Bonchev–Trinajstić information content (AvgIpc) is 2.79. The maximum atomic E-state index is 13.3. The van der Waals surface area contributed by atoms with Gasteiger partial charge in [-0.2, -0.15) is 0 Å². The van der Waals surface area contributed by atoms with Crippen molar-refractivity contribution in [3.05, 3.63) is 108 Å². The standard InChI is InChI=1S/C26H23BrClNO3/c1-17-20(12-13-32-16-18-6-3-2-4-7-18)25-23(8-5-9-24(25)30)29(26(17)31)15-19-10-11-21(27)22(28)14-19/h2-8,10-11,14H,9,12-13,15-16H2,1H3. The van der Waals surface area contributed by atoms with E-state index in [1.807, 2.05) is 60.7 Å². The van der Waals surface area contributed by atoms with Gasteiger partial charge in [0, 0.05) is 22.0 Å². The summed E-state index contributed by atoms with van der Waals surface area (Å²) in [5.41, 5.74) is 4.57. The number of benzene rings is 2. The Balaban J connectivity index is 1.64. The number of ether oxygens (including phenoxy) is 1. The van der Waals surface area contributed by atoms with Gasteiger partial charge in [0.05, 0.1) is 30.5 Å². The number of pyridine rings is 1. The molecule has 164 valence electrons. The number of Topliss-reactive ketones (excluding diaryl/α,β-unsaturated/α-hetero) is 1. The highest BCUT2D eigenvalue weighted by Crippen LogP contribution is 2.27. The van der Waals surface area contributed by atoms with E-state index in [9.17, 15) is 9.59 Å². The SMILES string of the molecule is Cc1c(CCOCc2ccccc2)c2c(n(Cc3ccc(Br)c(Cl)c3)c1=O)C=CCC2=O. The molecule has 2 aromatic carbocycles. The summed E-state index contributed by atoms with van der Waals surface area (Å²) in [6, 6.07) is 15.6. The molecule has 1 aliphatic rings. The van der Waals surface area contributed by atoms with E-state index in [0.717, 1.165) is 21.2 Å². The number of nitrogens with zero attached hydrogens (tertiary/aromatic N) is 1. The van der Waals surface area contributed by atoms with Crippen LogP contribution in [0, 0.1) is 6.92 Å². The fourth-order valence-corrected chi connectivity index (χ4v) is 4.46. The van der Waals surface area contributed by atoms with Crippen LogP contribution in [0.2, 0.25) is 5.02 Å². The number of aromatic nitrogens is 1. The first-order valence-corrected chi connectivity index (χ1v) is 11.6. The van der Waals surface area contributed by atoms with Crippen LogP contribution in [0.3, 0.4) is 0 Å². The Morgan fingerprint density at radius 2 is 1.88 bits per heavy atom. The van der Waals surface area contributed by atoms with Gasteiger partial charge in [0.2, 0.25) is 0 Å². The maximum absolute atomic E-state index is 13.3. The summed E-state index contributed by atoms with van der Waals surface area (Å²) in [5.74, 6) is 0.0336. The van der Waals surface area contributed by atoms with E-state index in [1.165, 1.54) is 0 Å². The molecule has 0 amide bonds. The normalized spacial score (nSPS) is 12.8. The Labute approximate surface area is 200 Å². The number of carbonyl (C=O) groups excluding carboxylic acids is 1. The molecule has 0 saturated carbocycles. The minimum Gasteiger partial charge on any atom is -0.376 e. The molecule has 0 fully saturated rings. The van der Waals surface area contributed by atoms with E-state index in [2.05, 4.69) is 15.9 Å². The fourth-order valence-electron chi connectivity index (χ4n) is 4.01. The van der Waals surface area contributed by atoms with Crippen LogP contribution in [0.25, 0.3) is 6.08 Å². The second-order valence-corrected chi connectivity index (χ2v) is 9.08. The highest BCUT2D eigenvalue weighted by Gasteiger charge is 2.24. The molecule has 6 heteroatoms. The third-order valence-electron chi connectivity index (χ3n) is 5.66. The lowest BCUT2D eigenvalue weighted by Crippen LogP contribution is -2.31. The summed E-state index contributed by atoms with van der Waals surface area (Å²) in [6.07, 6.45) is 4.56. The molecule has 0 aliphatic heterocycles. The number of fused-ring (bicyclic) bond motifs is 1. The lowest BCUT2D eigenvalue weighted by atomic mass is 9.91. The van der Waals surface area contributed by atoms with Gasteiger partial charge >= 0.3 is 0 Å². The zero-order valence-corrected chi connectivity index (χ0v) is 20.1. The zero-order chi connectivity index (χ0) is 22.7. The first kappa shape index (κ1) is 22.7. The Bertz CT molecular complexity index is 1250. The second kappa shape index (κ2) is 9.99. The summed E-state index contributed by atoms with van der Waals surface area (Å²) < 4.78 is 8.31. The minimum absolute atomic E-state index is 0.0336. The Kier molecular flexibility index (Phi) is 7.09. The summed E-state index contributed by atoms with van der Waals surface area (Å²) in [4.78, 5) is 26.2. The molecule has 32 heavy (non-hydrogen) atoms. The third-order valence-corrected chi connectivity index (χ3v) is 6.89. The van der Waals surface area contributed by atoms with Crippen molar-refractivity contribution in [2.24, 2.45) is 0 Å². The Morgan fingerprint density at radius 3 is 2.62 bits per heavy atom. The highest BCUT2D eigenvalue weighted by molar-refractivity contribution is 9.10. The lowest BCUT2D eigenvalue weighted by molar-refractivity contribution is 0.0990. The molecule has 4 rings (SSSR count). The first-order chi connectivity index (χ1) is 15.5. The number of rotatable bonds is 7. The summed E-state index contributed by atoms with van der Waals surface area (Å²) in [7, 11) is 0. The molecule has 0 spiro atoms. The first-order valence-electron chi connectivity index (χ1n) is 10.5. The summed E-state index contributed by atoms with van der Waals surface area (Å²) >= 11 is 9.64. The van der Waals surface area contributed by atoms with Crippen molar-refractivity contribution in [3.63, 3.8) is 0 Å². The van der Waals surface area contributed by atoms with Gasteiger partial charge in [0.1, 0.15) is 0 Å². The second-order valence-electron chi connectivity index (χ2n) is 7.82. The Hall–Kier alpha value is -2.47. The van der Waals surface area contributed by atoms with Crippen molar-refractivity contribution < 1.29 is 9.53 Å². The number of hydrogen-bond acceptors (Lipinski definition) is 3. The van der Waals surface area contributed by atoms with Crippen LogP contribution in [0.1, 0.15) is 44.7 Å². The van der Waals surface area contributed by atoms with E-state index in [0.29, 0.717) is 54.4 Å². The Morgan fingerprint density at radius 1 is 1.09 bits per heavy atom. The van der Waals surface area contributed by atoms with E-state index in [4.69, 9.17) is 16.3 Å². The molecular formula is C26H23BrClNO3. The van der Waals surface area contributed by atoms with Crippen LogP contribution < -0.4 is 5.56 Å². The van der Waals surface area contributed by atoms with Gasteiger partial charge in [-0.3, -0.25) is 9.59 Å². The van der Waals surface area contributed by atoms with Crippen molar-refractivity contribution in [1.29, 1.82) is 0 Å². The van der Waals surface area contributed by atoms with Crippen LogP contribution >= 0.6 is 27.5 Å². The van der Waals surface area contributed by atoms with Crippen LogP contribution in [0.5, 0.6) is 0 Å². The van der Waals surface area contributed by atoms with Gasteiger partial charge in [-0.25, -0.2) is 0 Å². The van der Waals surface area contributed by atoms with Crippen molar-refractivity contribution in [1.82, 2.24) is 4.57 Å². The van der Waals surface area contributed by atoms with Crippen molar-refractivity contribution in [2.75, 3.05) is 6.61 Å². The van der Waals surface area contributed by atoms with Gasteiger partial charge in [-0.15, -0.1) is 0 Å². The van der Waals surface area contributed by atoms with Crippen LogP contribution in [-0.4, -0.2) is 17.0 Å². The molecule has 1 aliphatic carbocycles. The zero-order valence-electron chi connectivity index (χ0n) is 17.7. The average molecular weight is 513 g/mol. The van der Waals surface area contributed by atoms with Gasteiger partial charge < -0.3 is 9.30 Å². The quantitative estimate of drug-likeness (QED) is 0.366. The van der Waals surface area contributed by atoms with Crippen LogP contribution in [0.15, 0.2) is 63.9 Å². The van der Waals surface area contributed by atoms with Crippen molar-refractivity contribution >= 4 is 39.4 Å². The van der Waals surface area contributed by atoms with E-state index in [1.54, 1.807) is 11.5 Å². The molecule has 0 unspecified atom stereocenters. The van der Waals surface area contributed by atoms with Gasteiger partial charge in [-0.05, 0) is 64.2 Å².